The molecule has 3 heterocycles. The van der Waals surface area contributed by atoms with Crippen LogP contribution >= 0.6 is 0 Å². The summed E-state index contributed by atoms with van der Waals surface area (Å²) in [6.07, 6.45) is 1.35. The van der Waals surface area contributed by atoms with Crippen LogP contribution in [0.4, 0.5) is 10.2 Å². The molecule has 1 aliphatic rings. The highest BCUT2D eigenvalue weighted by Gasteiger charge is 2.25. The van der Waals surface area contributed by atoms with Crippen LogP contribution in [-0.2, 0) is 4.79 Å². The zero-order chi connectivity index (χ0) is 25.0. The van der Waals surface area contributed by atoms with Crippen LogP contribution in [0, 0.1) is 19.7 Å². The molecule has 1 aliphatic heterocycles. The van der Waals surface area contributed by atoms with Gasteiger partial charge in [0.2, 0.25) is 5.91 Å². The number of halogens is 1. The number of furan rings is 1. The molecule has 0 aliphatic carbocycles. The van der Waals surface area contributed by atoms with Crippen molar-refractivity contribution in [3.8, 4) is 11.3 Å². The predicted octanol–water partition coefficient (Wildman–Crippen LogP) is 5.79. The lowest BCUT2D eigenvalue weighted by atomic mass is 9.95. The Morgan fingerprint density at radius 3 is 2.39 bits per heavy atom. The molecule has 0 atom stereocenters. The van der Waals surface area contributed by atoms with Crippen LogP contribution in [-0.4, -0.2) is 47.2 Å². The molecule has 0 spiro atoms. The van der Waals surface area contributed by atoms with E-state index >= 15 is 0 Å². The fourth-order valence-electron chi connectivity index (χ4n) is 5.29. The molecule has 180 valence electrons. The van der Waals surface area contributed by atoms with Crippen LogP contribution in [0.15, 0.2) is 65.6 Å². The number of rotatable bonds is 3. The zero-order valence-electron chi connectivity index (χ0n) is 20.2. The number of piperazine rings is 1. The quantitative estimate of drug-likeness (QED) is 0.306. The van der Waals surface area contributed by atoms with Crippen molar-refractivity contribution >= 4 is 44.4 Å². The topological polar surface area (TPSA) is 62.5 Å². The third kappa shape index (κ3) is 3.42. The van der Waals surface area contributed by atoms with Gasteiger partial charge >= 0.3 is 0 Å². The predicted molar refractivity (Wildman–Crippen MR) is 141 cm³/mol. The van der Waals surface area contributed by atoms with Crippen molar-refractivity contribution in [3.63, 3.8) is 0 Å². The SMILES string of the molecule is C=CC(=O)N1CCN(c2nnc(-c3c(C)cccc3C)c3cc4c(cc23)oc2cccc(F)c24)CC1. The first-order valence-electron chi connectivity index (χ1n) is 12.0. The van der Waals surface area contributed by atoms with E-state index in [0.29, 0.717) is 48.1 Å². The molecule has 0 radical (unpaired) electrons. The van der Waals surface area contributed by atoms with Gasteiger partial charge in [0.25, 0.3) is 0 Å². The molecule has 3 aromatic carbocycles. The summed E-state index contributed by atoms with van der Waals surface area (Å²) in [5.41, 5.74) is 5.09. The zero-order valence-corrected chi connectivity index (χ0v) is 20.2. The number of aromatic nitrogens is 2. The Labute approximate surface area is 207 Å². The molecule has 6 nitrogen and oxygen atoms in total. The largest absolute Gasteiger partial charge is 0.456 e. The van der Waals surface area contributed by atoms with Gasteiger partial charge in [0, 0.05) is 47.9 Å². The minimum absolute atomic E-state index is 0.0676. The molecule has 1 amide bonds. The summed E-state index contributed by atoms with van der Waals surface area (Å²) in [7, 11) is 0. The van der Waals surface area contributed by atoms with Gasteiger partial charge in [-0.3, -0.25) is 4.79 Å². The number of fused-ring (bicyclic) bond motifs is 4. The van der Waals surface area contributed by atoms with E-state index in [1.807, 2.05) is 18.2 Å². The normalized spacial score (nSPS) is 14.2. The Bertz CT molecular complexity index is 1660. The molecule has 2 aromatic heterocycles. The number of aryl methyl sites for hydroxylation is 2. The van der Waals surface area contributed by atoms with Crippen molar-refractivity contribution in [2.45, 2.75) is 13.8 Å². The van der Waals surface area contributed by atoms with Gasteiger partial charge < -0.3 is 14.2 Å². The van der Waals surface area contributed by atoms with Crippen LogP contribution in [0.5, 0.6) is 0 Å². The Balaban J connectivity index is 1.60. The Kier molecular flexibility index (Phi) is 5.21. The average Bonchev–Trinajstić information content (AvgIpc) is 3.26. The van der Waals surface area contributed by atoms with Gasteiger partial charge in [0.1, 0.15) is 22.7 Å². The maximum absolute atomic E-state index is 14.9. The van der Waals surface area contributed by atoms with E-state index in [2.05, 4.69) is 37.5 Å². The number of carbonyl (C=O) groups is 1. The van der Waals surface area contributed by atoms with Crippen molar-refractivity contribution in [2.24, 2.45) is 0 Å². The lowest BCUT2D eigenvalue weighted by molar-refractivity contribution is -0.126. The van der Waals surface area contributed by atoms with Crippen molar-refractivity contribution in [2.75, 3.05) is 31.1 Å². The molecule has 1 fully saturated rings. The highest BCUT2D eigenvalue weighted by molar-refractivity contribution is 6.14. The molecule has 1 saturated heterocycles. The second-order valence-corrected chi connectivity index (χ2v) is 9.26. The minimum atomic E-state index is -0.315. The first kappa shape index (κ1) is 22.2. The van der Waals surface area contributed by atoms with E-state index in [0.717, 1.165) is 39.0 Å². The molecule has 7 heteroatoms. The van der Waals surface area contributed by atoms with Gasteiger partial charge in [0.05, 0.1) is 5.39 Å². The fourth-order valence-corrected chi connectivity index (χ4v) is 5.29. The summed E-state index contributed by atoms with van der Waals surface area (Å²) < 4.78 is 20.9. The van der Waals surface area contributed by atoms with Crippen molar-refractivity contribution < 1.29 is 13.6 Å². The standard InChI is InChI=1S/C29H25FN4O2/c1-4-25(35)33-11-13-34(14-12-33)29-20-16-24-21(27-22(30)9-6-10-23(27)36-24)15-19(20)28(31-32-29)26-17(2)7-5-8-18(26)3/h4-10,15-16H,1,11-14H2,2-3H3. The molecule has 36 heavy (non-hydrogen) atoms. The Hall–Kier alpha value is -4.26. The number of benzene rings is 3. The Morgan fingerprint density at radius 1 is 0.944 bits per heavy atom. The van der Waals surface area contributed by atoms with E-state index in [1.165, 1.54) is 12.1 Å². The summed E-state index contributed by atoms with van der Waals surface area (Å²) in [4.78, 5) is 16.0. The molecule has 0 N–H and O–H groups in total. The summed E-state index contributed by atoms with van der Waals surface area (Å²) in [5, 5.41) is 12.4. The molecular formula is C29H25FN4O2. The van der Waals surface area contributed by atoms with Crippen LogP contribution in [0.1, 0.15) is 11.1 Å². The highest BCUT2D eigenvalue weighted by Crippen LogP contribution is 2.40. The van der Waals surface area contributed by atoms with Gasteiger partial charge in [-0.1, -0.05) is 30.8 Å². The maximum Gasteiger partial charge on any atom is 0.246 e. The van der Waals surface area contributed by atoms with Crippen molar-refractivity contribution in [3.05, 3.63) is 78.1 Å². The van der Waals surface area contributed by atoms with E-state index in [4.69, 9.17) is 14.6 Å². The molecule has 0 saturated carbocycles. The maximum atomic E-state index is 14.9. The lowest BCUT2D eigenvalue weighted by Crippen LogP contribution is -2.48. The van der Waals surface area contributed by atoms with E-state index < -0.39 is 0 Å². The van der Waals surface area contributed by atoms with Gasteiger partial charge in [-0.15, -0.1) is 10.2 Å². The summed E-state index contributed by atoms with van der Waals surface area (Å²) in [6.45, 7) is 10.1. The van der Waals surface area contributed by atoms with Crippen LogP contribution in [0.2, 0.25) is 0 Å². The van der Waals surface area contributed by atoms with Crippen molar-refractivity contribution in [1.82, 2.24) is 15.1 Å². The molecule has 5 aromatic rings. The number of nitrogens with zero attached hydrogens (tertiary/aromatic N) is 4. The minimum Gasteiger partial charge on any atom is -0.456 e. The van der Waals surface area contributed by atoms with Crippen LogP contribution in [0.3, 0.4) is 0 Å². The number of hydrogen-bond donors (Lipinski definition) is 0. The number of amides is 1. The third-order valence-corrected chi connectivity index (χ3v) is 7.11. The monoisotopic (exact) mass is 480 g/mol. The number of anilines is 1. The van der Waals surface area contributed by atoms with Gasteiger partial charge in [-0.05, 0) is 55.3 Å². The Morgan fingerprint density at radius 2 is 1.67 bits per heavy atom. The van der Waals surface area contributed by atoms with E-state index in [1.54, 1.807) is 17.0 Å². The van der Waals surface area contributed by atoms with Gasteiger partial charge in [-0.25, -0.2) is 4.39 Å². The summed E-state index contributed by atoms with van der Waals surface area (Å²) in [6, 6.07) is 15.0. The van der Waals surface area contributed by atoms with E-state index in [9.17, 15) is 9.18 Å². The van der Waals surface area contributed by atoms with E-state index in [-0.39, 0.29) is 11.7 Å². The van der Waals surface area contributed by atoms with Crippen molar-refractivity contribution in [1.29, 1.82) is 0 Å². The molecular weight excluding hydrogens is 455 g/mol. The number of hydrogen-bond acceptors (Lipinski definition) is 5. The second kappa shape index (κ2) is 8.45. The van der Waals surface area contributed by atoms with Crippen LogP contribution in [0.25, 0.3) is 44.0 Å². The van der Waals surface area contributed by atoms with Gasteiger partial charge in [-0.2, -0.15) is 0 Å². The first-order valence-corrected chi connectivity index (χ1v) is 12.0. The van der Waals surface area contributed by atoms with Gasteiger partial charge in [0.15, 0.2) is 5.82 Å². The smallest absolute Gasteiger partial charge is 0.246 e. The fraction of sp³-hybridized carbons (Fsp3) is 0.207. The molecule has 6 rings (SSSR count). The van der Waals surface area contributed by atoms with Crippen LogP contribution < -0.4 is 4.90 Å². The second-order valence-electron chi connectivity index (χ2n) is 9.26. The number of carbonyl (C=O) groups excluding carboxylic acids is 1. The molecule has 0 unspecified atom stereocenters. The summed E-state index contributed by atoms with van der Waals surface area (Å²) >= 11 is 0. The average molecular weight is 481 g/mol. The summed E-state index contributed by atoms with van der Waals surface area (Å²) in [5.74, 6) is 0.347. The molecule has 0 bridgehead atoms. The first-order chi connectivity index (χ1) is 17.5. The lowest BCUT2D eigenvalue weighted by Gasteiger charge is -2.35. The highest BCUT2D eigenvalue weighted by atomic mass is 19.1. The third-order valence-electron chi connectivity index (χ3n) is 7.11.